The molecule has 0 radical (unpaired) electrons. The smallest absolute Gasteiger partial charge is 0.242 e. The zero-order chi connectivity index (χ0) is 16.9. The van der Waals surface area contributed by atoms with Gasteiger partial charge in [0.25, 0.3) is 0 Å². The van der Waals surface area contributed by atoms with Crippen molar-refractivity contribution in [3.05, 3.63) is 59.7 Å². The van der Waals surface area contributed by atoms with Gasteiger partial charge in [-0.05, 0) is 48.9 Å². The molecule has 0 aliphatic rings. The first-order chi connectivity index (χ1) is 10.9. The Kier molecular flexibility index (Phi) is 5.37. The lowest BCUT2D eigenvalue weighted by Crippen LogP contribution is -2.31. The van der Waals surface area contributed by atoms with Crippen LogP contribution in [0.5, 0.6) is 5.75 Å². The van der Waals surface area contributed by atoms with Crippen LogP contribution in [0.15, 0.2) is 53.4 Å². The molecule has 0 heterocycles. The van der Waals surface area contributed by atoms with Crippen LogP contribution >= 0.6 is 0 Å². The van der Waals surface area contributed by atoms with Gasteiger partial charge in [-0.1, -0.05) is 12.1 Å². The first-order valence-electron chi connectivity index (χ1n) is 7.09. The van der Waals surface area contributed by atoms with Crippen molar-refractivity contribution in [3.8, 4) is 11.8 Å². The zero-order valence-electron chi connectivity index (χ0n) is 13.1. The van der Waals surface area contributed by atoms with Gasteiger partial charge in [0.15, 0.2) is 0 Å². The van der Waals surface area contributed by atoms with Crippen LogP contribution in [0, 0.1) is 18.3 Å². The highest BCUT2D eigenvalue weighted by atomic mass is 32.2. The molecule has 120 valence electrons. The molecule has 2 aromatic carbocycles. The van der Waals surface area contributed by atoms with Crippen molar-refractivity contribution < 1.29 is 13.2 Å². The van der Waals surface area contributed by atoms with Crippen molar-refractivity contribution >= 4 is 10.0 Å². The maximum absolute atomic E-state index is 12.4. The summed E-state index contributed by atoms with van der Waals surface area (Å²) >= 11 is 0. The average Bonchev–Trinajstić information content (AvgIpc) is 2.55. The zero-order valence-corrected chi connectivity index (χ0v) is 13.9. The number of likely N-dealkylation sites (N-methyl/N-ethyl adjacent to an activating group) is 1. The van der Waals surface area contributed by atoms with Gasteiger partial charge in [-0.25, -0.2) is 8.42 Å². The highest BCUT2D eigenvalue weighted by molar-refractivity contribution is 7.89. The molecular formula is C17H18N2O3S. The van der Waals surface area contributed by atoms with Crippen molar-refractivity contribution in [3.63, 3.8) is 0 Å². The minimum Gasteiger partial charge on any atom is -0.492 e. The van der Waals surface area contributed by atoms with Crippen LogP contribution in [0.2, 0.25) is 0 Å². The van der Waals surface area contributed by atoms with E-state index in [1.165, 1.54) is 35.6 Å². The minimum absolute atomic E-state index is 0.162. The molecule has 6 heteroatoms. The standard InChI is InChI=1S/C17H18N2O3S/c1-14-4-3-5-16(12-14)22-11-10-19(2)23(20,21)17-8-6-15(13-18)7-9-17/h3-9,12H,10-11H2,1-2H3. The molecule has 0 saturated carbocycles. The Morgan fingerprint density at radius 1 is 1.17 bits per heavy atom. The second-order valence-corrected chi connectivity index (χ2v) is 7.17. The minimum atomic E-state index is -3.58. The van der Waals surface area contributed by atoms with Crippen LogP contribution in [0.25, 0.3) is 0 Å². The van der Waals surface area contributed by atoms with Gasteiger partial charge in [0, 0.05) is 13.6 Å². The van der Waals surface area contributed by atoms with Crippen molar-refractivity contribution in [1.82, 2.24) is 4.31 Å². The maximum atomic E-state index is 12.4. The number of hydrogen-bond acceptors (Lipinski definition) is 4. The van der Waals surface area contributed by atoms with Gasteiger partial charge in [-0.2, -0.15) is 9.57 Å². The average molecular weight is 330 g/mol. The number of nitriles is 1. The quantitative estimate of drug-likeness (QED) is 0.816. The summed E-state index contributed by atoms with van der Waals surface area (Å²) < 4.78 is 31.6. The molecule has 0 unspecified atom stereocenters. The van der Waals surface area contributed by atoms with E-state index in [-0.39, 0.29) is 18.0 Å². The fourth-order valence-electron chi connectivity index (χ4n) is 2.00. The van der Waals surface area contributed by atoms with Crippen molar-refractivity contribution in [1.29, 1.82) is 5.26 Å². The summed E-state index contributed by atoms with van der Waals surface area (Å²) in [4.78, 5) is 0.162. The Balaban J connectivity index is 1.98. The number of rotatable bonds is 6. The van der Waals surface area contributed by atoms with E-state index in [9.17, 15) is 8.42 Å². The molecule has 0 N–H and O–H groups in total. The highest BCUT2D eigenvalue weighted by Gasteiger charge is 2.20. The van der Waals surface area contributed by atoms with E-state index in [1.807, 2.05) is 37.3 Å². The third-order valence-electron chi connectivity index (χ3n) is 3.36. The Morgan fingerprint density at radius 2 is 1.87 bits per heavy atom. The fourth-order valence-corrected chi connectivity index (χ4v) is 3.15. The number of ether oxygens (including phenoxy) is 1. The number of benzene rings is 2. The normalized spacial score (nSPS) is 11.2. The maximum Gasteiger partial charge on any atom is 0.242 e. The Hall–Kier alpha value is -2.36. The van der Waals surface area contributed by atoms with E-state index < -0.39 is 10.0 Å². The van der Waals surface area contributed by atoms with Crippen molar-refractivity contribution in [2.24, 2.45) is 0 Å². The van der Waals surface area contributed by atoms with E-state index in [2.05, 4.69) is 0 Å². The topological polar surface area (TPSA) is 70.4 Å². The van der Waals surface area contributed by atoms with Crippen molar-refractivity contribution in [2.75, 3.05) is 20.2 Å². The number of nitrogens with zero attached hydrogens (tertiary/aromatic N) is 2. The SMILES string of the molecule is Cc1cccc(OCCN(C)S(=O)(=O)c2ccc(C#N)cc2)c1. The van der Waals surface area contributed by atoms with E-state index in [0.29, 0.717) is 11.3 Å². The molecule has 0 aliphatic heterocycles. The first-order valence-corrected chi connectivity index (χ1v) is 8.53. The molecule has 0 fully saturated rings. The Labute approximate surface area is 136 Å². The summed E-state index contributed by atoms with van der Waals surface area (Å²) in [6, 6.07) is 15.4. The molecule has 0 atom stereocenters. The van der Waals surface area contributed by atoms with Crippen LogP contribution in [0.1, 0.15) is 11.1 Å². The molecule has 5 nitrogen and oxygen atoms in total. The van der Waals surface area contributed by atoms with Crippen LogP contribution in [-0.4, -0.2) is 32.9 Å². The lowest BCUT2D eigenvalue weighted by Gasteiger charge is -2.17. The van der Waals surface area contributed by atoms with Crippen LogP contribution < -0.4 is 4.74 Å². The Bertz CT molecular complexity index is 808. The Morgan fingerprint density at radius 3 is 2.48 bits per heavy atom. The first kappa shape index (κ1) is 17.0. The van der Waals surface area contributed by atoms with Crippen LogP contribution in [0.4, 0.5) is 0 Å². The molecular weight excluding hydrogens is 312 g/mol. The monoisotopic (exact) mass is 330 g/mol. The molecule has 0 saturated heterocycles. The van der Waals surface area contributed by atoms with Gasteiger partial charge in [-0.3, -0.25) is 0 Å². The number of sulfonamides is 1. The van der Waals surface area contributed by atoms with Gasteiger partial charge in [0.1, 0.15) is 12.4 Å². The van der Waals surface area contributed by atoms with Gasteiger partial charge in [-0.15, -0.1) is 0 Å². The van der Waals surface area contributed by atoms with E-state index in [1.54, 1.807) is 0 Å². The second-order valence-electron chi connectivity index (χ2n) is 5.13. The predicted octanol–water partition coefficient (Wildman–Crippen LogP) is 2.57. The summed E-state index contributed by atoms with van der Waals surface area (Å²) in [6.45, 7) is 2.46. The predicted molar refractivity (Wildman–Crippen MR) is 87.6 cm³/mol. The summed E-state index contributed by atoms with van der Waals surface area (Å²) in [7, 11) is -2.08. The largest absolute Gasteiger partial charge is 0.492 e. The van der Waals surface area contributed by atoms with E-state index in [0.717, 1.165) is 5.56 Å². The van der Waals surface area contributed by atoms with E-state index >= 15 is 0 Å². The van der Waals surface area contributed by atoms with Crippen LogP contribution in [0.3, 0.4) is 0 Å². The van der Waals surface area contributed by atoms with Gasteiger partial charge >= 0.3 is 0 Å². The molecule has 0 spiro atoms. The highest BCUT2D eigenvalue weighted by Crippen LogP contribution is 2.16. The number of hydrogen-bond donors (Lipinski definition) is 0. The third kappa shape index (κ3) is 4.31. The molecule has 23 heavy (non-hydrogen) atoms. The van der Waals surface area contributed by atoms with Gasteiger partial charge in [0.05, 0.1) is 16.5 Å². The lowest BCUT2D eigenvalue weighted by molar-refractivity contribution is 0.286. The molecule has 0 amide bonds. The molecule has 0 aliphatic carbocycles. The van der Waals surface area contributed by atoms with Gasteiger partial charge < -0.3 is 4.74 Å². The molecule has 2 rings (SSSR count). The fraction of sp³-hybridized carbons (Fsp3) is 0.235. The molecule has 0 bridgehead atoms. The summed E-state index contributed by atoms with van der Waals surface area (Å²) in [6.07, 6.45) is 0. The lowest BCUT2D eigenvalue weighted by atomic mass is 10.2. The summed E-state index contributed by atoms with van der Waals surface area (Å²) in [5.41, 5.74) is 1.51. The molecule has 2 aromatic rings. The second kappa shape index (κ2) is 7.27. The third-order valence-corrected chi connectivity index (χ3v) is 5.23. The molecule has 0 aromatic heterocycles. The van der Waals surface area contributed by atoms with Crippen molar-refractivity contribution in [2.45, 2.75) is 11.8 Å². The number of aryl methyl sites for hydroxylation is 1. The van der Waals surface area contributed by atoms with Crippen LogP contribution in [-0.2, 0) is 10.0 Å². The van der Waals surface area contributed by atoms with Gasteiger partial charge in [0.2, 0.25) is 10.0 Å². The van der Waals surface area contributed by atoms with E-state index in [4.69, 9.17) is 10.00 Å². The summed E-state index contributed by atoms with van der Waals surface area (Å²) in [5.74, 6) is 0.717. The summed E-state index contributed by atoms with van der Waals surface area (Å²) in [5, 5.41) is 8.76.